The summed E-state index contributed by atoms with van der Waals surface area (Å²) < 4.78 is 0. The first-order valence-corrected chi connectivity index (χ1v) is 8.71. The summed E-state index contributed by atoms with van der Waals surface area (Å²) in [6.45, 7) is 9.71. The highest BCUT2D eigenvalue weighted by molar-refractivity contribution is 5.99. The fraction of sp³-hybridized carbons (Fsp3) is 0.700. The summed E-state index contributed by atoms with van der Waals surface area (Å²) in [5.74, 6) is 0.792. The Kier molecular flexibility index (Phi) is 3.72. The largest absolute Gasteiger partial charge is 0.390 e. The maximum absolute atomic E-state index is 12.9. The second-order valence-electron chi connectivity index (χ2n) is 8.60. The Balaban J connectivity index is 2.09. The highest BCUT2D eigenvalue weighted by Crippen LogP contribution is 2.56. The quantitative estimate of drug-likeness (QED) is 0.752. The molecule has 3 aliphatic rings. The minimum absolute atomic E-state index is 0.0152. The number of fused-ring (bicyclic) bond motifs is 2. The maximum Gasteiger partial charge on any atom is 0.159 e. The van der Waals surface area contributed by atoms with Gasteiger partial charge in [0.2, 0.25) is 0 Å². The van der Waals surface area contributed by atoms with Crippen molar-refractivity contribution >= 4 is 11.6 Å². The van der Waals surface area contributed by atoms with Crippen LogP contribution in [0.2, 0.25) is 0 Å². The van der Waals surface area contributed by atoms with E-state index in [9.17, 15) is 14.7 Å². The highest BCUT2D eigenvalue weighted by Gasteiger charge is 2.56. The van der Waals surface area contributed by atoms with Crippen molar-refractivity contribution in [2.45, 2.75) is 65.9 Å². The van der Waals surface area contributed by atoms with Crippen LogP contribution in [0, 0.1) is 23.2 Å². The molecule has 23 heavy (non-hydrogen) atoms. The fourth-order valence-electron chi connectivity index (χ4n) is 5.07. The number of allylic oxidation sites excluding steroid dienone is 4. The molecule has 0 aromatic heterocycles. The molecule has 0 heterocycles. The van der Waals surface area contributed by atoms with Crippen molar-refractivity contribution in [3.8, 4) is 0 Å². The van der Waals surface area contributed by atoms with Crippen LogP contribution in [0.5, 0.6) is 0 Å². The van der Waals surface area contributed by atoms with Crippen LogP contribution >= 0.6 is 0 Å². The van der Waals surface area contributed by atoms with Gasteiger partial charge in [-0.2, -0.15) is 0 Å². The first-order chi connectivity index (χ1) is 10.6. The average molecular weight is 316 g/mol. The van der Waals surface area contributed by atoms with Crippen LogP contribution in [0.15, 0.2) is 22.8 Å². The standard InChI is InChI=1S/C20H28O3/c1-11-6-7-15-16(19(3,4)23)9-18(22)20(15,5)10-14-12(2)17(21)8-13(11)14/h6,13,15-16,23H,7-10H2,1-5H3/b11-6-/t13-,15+,16+,20-/m0/s1. The van der Waals surface area contributed by atoms with Gasteiger partial charge in [-0.05, 0) is 57.9 Å². The lowest BCUT2D eigenvalue weighted by molar-refractivity contribution is -0.126. The summed E-state index contributed by atoms with van der Waals surface area (Å²) >= 11 is 0. The Morgan fingerprint density at radius 2 is 1.87 bits per heavy atom. The third-order valence-corrected chi connectivity index (χ3v) is 6.76. The molecule has 0 aliphatic heterocycles. The molecule has 0 spiro atoms. The van der Waals surface area contributed by atoms with Gasteiger partial charge in [-0.3, -0.25) is 9.59 Å². The van der Waals surface area contributed by atoms with Gasteiger partial charge in [0, 0.05) is 24.2 Å². The number of Topliss-reactive ketones (excluding diaryl/α,β-unsaturated/α-hetero) is 2. The number of carbonyl (C=O) groups excluding carboxylic acids is 2. The summed E-state index contributed by atoms with van der Waals surface area (Å²) in [5, 5.41) is 10.6. The van der Waals surface area contributed by atoms with E-state index in [1.54, 1.807) is 0 Å². The molecule has 3 heteroatoms. The van der Waals surface area contributed by atoms with Gasteiger partial charge in [0.05, 0.1) is 5.60 Å². The normalized spacial score (nSPS) is 40.4. The van der Waals surface area contributed by atoms with E-state index >= 15 is 0 Å². The van der Waals surface area contributed by atoms with Crippen LogP contribution < -0.4 is 0 Å². The molecular formula is C20H28O3. The predicted octanol–water partition coefficient (Wildman–Crippen LogP) is 3.61. The smallest absolute Gasteiger partial charge is 0.159 e. The molecule has 0 bridgehead atoms. The van der Waals surface area contributed by atoms with Crippen molar-refractivity contribution in [2.24, 2.45) is 23.2 Å². The Labute approximate surface area is 138 Å². The predicted molar refractivity (Wildman–Crippen MR) is 89.8 cm³/mol. The third kappa shape index (κ3) is 2.44. The molecular weight excluding hydrogens is 288 g/mol. The Morgan fingerprint density at radius 1 is 1.22 bits per heavy atom. The summed E-state index contributed by atoms with van der Waals surface area (Å²) in [6, 6.07) is 0. The van der Waals surface area contributed by atoms with Crippen molar-refractivity contribution in [3.05, 3.63) is 22.8 Å². The van der Waals surface area contributed by atoms with E-state index in [2.05, 4.69) is 19.9 Å². The van der Waals surface area contributed by atoms with Crippen LogP contribution in [0.4, 0.5) is 0 Å². The second kappa shape index (κ2) is 5.14. The van der Waals surface area contributed by atoms with Crippen molar-refractivity contribution in [1.82, 2.24) is 0 Å². The number of ketones is 2. The Hall–Kier alpha value is -1.22. The summed E-state index contributed by atoms with van der Waals surface area (Å²) in [5.41, 5.74) is 1.97. The van der Waals surface area contributed by atoms with Gasteiger partial charge in [-0.1, -0.05) is 24.1 Å². The van der Waals surface area contributed by atoms with Crippen LogP contribution in [0.3, 0.4) is 0 Å². The number of aliphatic hydroxyl groups is 1. The van der Waals surface area contributed by atoms with Gasteiger partial charge < -0.3 is 5.11 Å². The minimum atomic E-state index is -0.854. The Bertz CT molecular complexity index is 632. The number of rotatable bonds is 1. The molecule has 0 radical (unpaired) electrons. The lowest BCUT2D eigenvalue weighted by Gasteiger charge is -2.39. The van der Waals surface area contributed by atoms with Crippen LogP contribution in [-0.2, 0) is 9.59 Å². The van der Waals surface area contributed by atoms with E-state index in [0.717, 1.165) is 12.0 Å². The lowest BCUT2D eigenvalue weighted by atomic mass is 9.65. The van der Waals surface area contributed by atoms with E-state index in [1.807, 2.05) is 20.8 Å². The van der Waals surface area contributed by atoms with E-state index in [1.165, 1.54) is 11.1 Å². The molecule has 0 aromatic carbocycles. The highest BCUT2D eigenvalue weighted by atomic mass is 16.3. The maximum atomic E-state index is 12.9. The molecule has 1 fully saturated rings. The summed E-state index contributed by atoms with van der Waals surface area (Å²) in [7, 11) is 0. The van der Waals surface area contributed by atoms with Gasteiger partial charge in [0.15, 0.2) is 5.78 Å². The van der Waals surface area contributed by atoms with E-state index in [0.29, 0.717) is 19.3 Å². The molecule has 3 nitrogen and oxygen atoms in total. The summed E-state index contributed by atoms with van der Waals surface area (Å²) in [6.07, 6.45) is 4.72. The van der Waals surface area contributed by atoms with Crippen LogP contribution in [0.1, 0.15) is 60.3 Å². The van der Waals surface area contributed by atoms with Gasteiger partial charge in [0.1, 0.15) is 5.78 Å². The minimum Gasteiger partial charge on any atom is -0.390 e. The number of carbonyl (C=O) groups is 2. The fourth-order valence-corrected chi connectivity index (χ4v) is 5.07. The zero-order chi connectivity index (χ0) is 17.2. The molecule has 0 unspecified atom stereocenters. The second-order valence-corrected chi connectivity index (χ2v) is 8.60. The van der Waals surface area contributed by atoms with Gasteiger partial charge in [0.25, 0.3) is 0 Å². The molecule has 1 N–H and O–H groups in total. The van der Waals surface area contributed by atoms with Crippen molar-refractivity contribution < 1.29 is 14.7 Å². The lowest BCUT2D eigenvalue weighted by Crippen LogP contribution is -2.39. The zero-order valence-corrected chi connectivity index (χ0v) is 14.9. The van der Waals surface area contributed by atoms with Crippen molar-refractivity contribution in [3.63, 3.8) is 0 Å². The van der Waals surface area contributed by atoms with Crippen molar-refractivity contribution in [1.29, 1.82) is 0 Å². The molecule has 3 rings (SSSR count). The van der Waals surface area contributed by atoms with E-state index in [-0.39, 0.29) is 29.3 Å². The van der Waals surface area contributed by atoms with Gasteiger partial charge >= 0.3 is 0 Å². The molecule has 4 atom stereocenters. The average Bonchev–Trinajstić information content (AvgIpc) is 2.84. The van der Waals surface area contributed by atoms with Crippen molar-refractivity contribution in [2.75, 3.05) is 0 Å². The number of hydrogen-bond donors (Lipinski definition) is 1. The van der Waals surface area contributed by atoms with Gasteiger partial charge in [-0.15, -0.1) is 0 Å². The molecule has 126 valence electrons. The van der Waals surface area contributed by atoms with E-state index < -0.39 is 11.0 Å². The van der Waals surface area contributed by atoms with Crippen LogP contribution in [0.25, 0.3) is 0 Å². The third-order valence-electron chi connectivity index (χ3n) is 6.76. The molecule has 3 aliphatic carbocycles. The SMILES string of the molecule is CC1=C2C[C@]3(C)C(=O)C[C@@H](C(C)(C)O)[C@H]3C/C=C(/C)[C@@H]2CC1=O. The van der Waals surface area contributed by atoms with E-state index in [4.69, 9.17) is 0 Å². The number of hydrogen-bond acceptors (Lipinski definition) is 3. The molecule has 0 aromatic rings. The van der Waals surface area contributed by atoms with Gasteiger partial charge in [-0.25, -0.2) is 0 Å². The van der Waals surface area contributed by atoms with Crippen LogP contribution in [-0.4, -0.2) is 22.3 Å². The molecule has 0 saturated heterocycles. The first kappa shape index (κ1) is 16.6. The summed E-state index contributed by atoms with van der Waals surface area (Å²) in [4.78, 5) is 25.1. The first-order valence-electron chi connectivity index (χ1n) is 8.71. The molecule has 1 saturated carbocycles. The monoisotopic (exact) mass is 316 g/mol. The Morgan fingerprint density at radius 3 is 2.48 bits per heavy atom. The topological polar surface area (TPSA) is 54.4 Å². The molecule has 0 amide bonds. The zero-order valence-electron chi connectivity index (χ0n) is 14.9.